The van der Waals surface area contributed by atoms with Gasteiger partial charge in [-0.25, -0.2) is 4.39 Å². The van der Waals surface area contributed by atoms with E-state index < -0.39 is 0 Å². The molecule has 15 heavy (non-hydrogen) atoms. The van der Waals surface area contributed by atoms with Crippen LogP contribution in [0.4, 0.5) is 4.39 Å². The van der Waals surface area contributed by atoms with Crippen molar-refractivity contribution in [2.75, 3.05) is 0 Å². The number of halogens is 2. The Kier molecular flexibility index (Phi) is 2.69. The van der Waals surface area contributed by atoms with Crippen molar-refractivity contribution < 1.29 is 4.39 Å². The fourth-order valence-corrected chi connectivity index (χ4v) is 1.51. The second-order valence-electron chi connectivity index (χ2n) is 3.31. The second-order valence-corrected chi connectivity index (χ2v) is 3.75. The van der Waals surface area contributed by atoms with E-state index in [0.29, 0.717) is 10.6 Å². The van der Waals surface area contributed by atoms with Crippen LogP contribution in [0, 0.1) is 12.7 Å². The molecule has 76 valence electrons. The number of aryl methyl sites for hydroxylation is 1. The molecule has 0 spiro atoms. The van der Waals surface area contributed by atoms with E-state index in [1.54, 1.807) is 18.3 Å². The quantitative estimate of drug-likeness (QED) is 0.713. The predicted molar refractivity (Wildman–Crippen MR) is 59.4 cm³/mol. The molecule has 0 bridgehead atoms. The lowest BCUT2D eigenvalue weighted by molar-refractivity contribution is 0.631. The monoisotopic (exact) mass is 221 g/mol. The van der Waals surface area contributed by atoms with Crippen LogP contribution in [0.3, 0.4) is 0 Å². The normalized spacial score (nSPS) is 10.3. The van der Waals surface area contributed by atoms with E-state index in [1.807, 2.05) is 19.1 Å². The highest BCUT2D eigenvalue weighted by atomic mass is 35.5. The van der Waals surface area contributed by atoms with Crippen molar-refractivity contribution in [3.63, 3.8) is 0 Å². The molecule has 0 fully saturated rings. The summed E-state index contributed by atoms with van der Waals surface area (Å²) in [6, 6.07) is 8.32. The van der Waals surface area contributed by atoms with Crippen LogP contribution in [0.25, 0.3) is 11.1 Å². The molecule has 0 aliphatic rings. The first kappa shape index (κ1) is 10.1. The molecule has 0 N–H and O–H groups in total. The van der Waals surface area contributed by atoms with Gasteiger partial charge in [0.25, 0.3) is 0 Å². The third-order valence-corrected chi connectivity index (χ3v) is 2.39. The first-order valence-electron chi connectivity index (χ1n) is 4.55. The van der Waals surface area contributed by atoms with Crippen molar-refractivity contribution in [2.45, 2.75) is 6.92 Å². The summed E-state index contributed by atoms with van der Waals surface area (Å²) in [6.07, 6.45) is 1.65. The summed E-state index contributed by atoms with van der Waals surface area (Å²) in [7, 11) is 0. The van der Waals surface area contributed by atoms with Crippen molar-refractivity contribution >= 4 is 11.6 Å². The van der Waals surface area contributed by atoms with Crippen LogP contribution in [0.15, 0.2) is 36.5 Å². The summed E-state index contributed by atoms with van der Waals surface area (Å²) < 4.78 is 13.5. The van der Waals surface area contributed by atoms with Gasteiger partial charge in [-0.15, -0.1) is 0 Å². The maximum Gasteiger partial charge on any atom is 0.132 e. The Morgan fingerprint density at radius 2 is 2.00 bits per heavy atom. The minimum absolute atomic E-state index is 0.326. The number of hydrogen-bond acceptors (Lipinski definition) is 1. The highest BCUT2D eigenvalue weighted by Gasteiger charge is 2.05. The van der Waals surface area contributed by atoms with Crippen molar-refractivity contribution in [3.05, 3.63) is 53.1 Å². The largest absolute Gasteiger partial charge is 0.261 e. The SMILES string of the molecule is Cc1ccc(-c2ccc(Cl)cc2F)cn1. The smallest absolute Gasteiger partial charge is 0.132 e. The van der Waals surface area contributed by atoms with Crippen LogP contribution >= 0.6 is 11.6 Å². The minimum atomic E-state index is -0.326. The lowest BCUT2D eigenvalue weighted by Gasteiger charge is -2.03. The number of pyridine rings is 1. The Bertz CT molecular complexity index is 479. The van der Waals surface area contributed by atoms with Gasteiger partial charge in [-0.05, 0) is 31.2 Å². The highest BCUT2D eigenvalue weighted by Crippen LogP contribution is 2.24. The van der Waals surface area contributed by atoms with Gasteiger partial charge in [0.15, 0.2) is 0 Å². The van der Waals surface area contributed by atoms with Crippen molar-refractivity contribution in [3.8, 4) is 11.1 Å². The molecule has 2 rings (SSSR count). The summed E-state index contributed by atoms with van der Waals surface area (Å²) >= 11 is 5.67. The zero-order chi connectivity index (χ0) is 10.8. The summed E-state index contributed by atoms with van der Waals surface area (Å²) in [5.74, 6) is -0.326. The molecule has 0 aliphatic heterocycles. The Labute approximate surface area is 92.5 Å². The van der Waals surface area contributed by atoms with Gasteiger partial charge in [0, 0.05) is 28.0 Å². The van der Waals surface area contributed by atoms with Crippen LogP contribution in [-0.4, -0.2) is 4.98 Å². The van der Waals surface area contributed by atoms with E-state index >= 15 is 0 Å². The third-order valence-electron chi connectivity index (χ3n) is 2.15. The van der Waals surface area contributed by atoms with Gasteiger partial charge in [0.1, 0.15) is 5.82 Å². The Morgan fingerprint density at radius 3 is 2.60 bits per heavy atom. The van der Waals surface area contributed by atoms with Crippen molar-refractivity contribution in [2.24, 2.45) is 0 Å². The summed E-state index contributed by atoms with van der Waals surface area (Å²) in [5.41, 5.74) is 2.19. The van der Waals surface area contributed by atoms with Crippen molar-refractivity contribution in [1.82, 2.24) is 4.98 Å². The Morgan fingerprint density at radius 1 is 1.20 bits per heavy atom. The molecule has 1 nitrogen and oxygen atoms in total. The van der Waals surface area contributed by atoms with E-state index in [-0.39, 0.29) is 5.82 Å². The summed E-state index contributed by atoms with van der Waals surface area (Å²) in [6.45, 7) is 1.89. The molecule has 1 heterocycles. The topological polar surface area (TPSA) is 12.9 Å². The van der Waals surface area contributed by atoms with Gasteiger partial charge < -0.3 is 0 Å². The molecule has 0 radical (unpaired) electrons. The first-order valence-corrected chi connectivity index (χ1v) is 4.93. The average molecular weight is 222 g/mol. The van der Waals surface area contributed by atoms with Crippen LogP contribution < -0.4 is 0 Å². The number of rotatable bonds is 1. The summed E-state index contributed by atoms with van der Waals surface area (Å²) in [5, 5.41) is 0.399. The number of hydrogen-bond donors (Lipinski definition) is 0. The lowest BCUT2D eigenvalue weighted by atomic mass is 10.1. The first-order chi connectivity index (χ1) is 7.16. The average Bonchev–Trinajstić information content (AvgIpc) is 2.20. The highest BCUT2D eigenvalue weighted by molar-refractivity contribution is 6.30. The van der Waals surface area contributed by atoms with Crippen LogP contribution in [0.2, 0.25) is 5.02 Å². The zero-order valence-electron chi connectivity index (χ0n) is 8.17. The molecular formula is C12H9ClFN. The maximum atomic E-state index is 13.5. The molecular weight excluding hydrogens is 213 g/mol. The van der Waals surface area contributed by atoms with E-state index in [1.165, 1.54) is 6.07 Å². The molecule has 0 unspecified atom stereocenters. The lowest BCUT2D eigenvalue weighted by Crippen LogP contribution is -1.86. The zero-order valence-corrected chi connectivity index (χ0v) is 8.92. The number of nitrogens with zero attached hydrogens (tertiary/aromatic N) is 1. The molecule has 0 atom stereocenters. The fraction of sp³-hybridized carbons (Fsp3) is 0.0833. The number of aromatic nitrogens is 1. The van der Waals surface area contributed by atoms with Gasteiger partial charge in [-0.3, -0.25) is 4.98 Å². The van der Waals surface area contributed by atoms with E-state index in [4.69, 9.17) is 11.6 Å². The second kappa shape index (κ2) is 3.99. The molecule has 0 amide bonds. The molecule has 0 saturated heterocycles. The third kappa shape index (κ3) is 2.16. The fourth-order valence-electron chi connectivity index (χ4n) is 1.35. The van der Waals surface area contributed by atoms with Gasteiger partial charge in [0.05, 0.1) is 0 Å². The molecule has 1 aromatic heterocycles. The molecule has 3 heteroatoms. The maximum absolute atomic E-state index is 13.5. The van der Waals surface area contributed by atoms with Crippen LogP contribution in [0.1, 0.15) is 5.69 Å². The van der Waals surface area contributed by atoms with Gasteiger partial charge in [-0.1, -0.05) is 17.7 Å². The van der Waals surface area contributed by atoms with E-state index in [2.05, 4.69) is 4.98 Å². The molecule has 1 aromatic carbocycles. The molecule has 0 saturated carbocycles. The van der Waals surface area contributed by atoms with E-state index in [0.717, 1.165) is 11.3 Å². The Balaban J connectivity index is 2.49. The number of benzene rings is 1. The van der Waals surface area contributed by atoms with Crippen LogP contribution in [-0.2, 0) is 0 Å². The van der Waals surface area contributed by atoms with Gasteiger partial charge >= 0.3 is 0 Å². The standard InChI is InChI=1S/C12H9ClFN/c1-8-2-3-9(7-15-8)11-5-4-10(13)6-12(11)14/h2-7H,1H3. The summed E-state index contributed by atoms with van der Waals surface area (Å²) in [4.78, 5) is 4.12. The minimum Gasteiger partial charge on any atom is -0.261 e. The molecule has 2 aromatic rings. The van der Waals surface area contributed by atoms with Gasteiger partial charge in [0.2, 0.25) is 0 Å². The molecule has 0 aliphatic carbocycles. The van der Waals surface area contributed by atoms with E-state index in [9.17, 15) is 4.39 Å². The van der Waals surface area contributed by atoms with Crippen LogP contribution in [0.5, 0.6) is 0 Å². The Hall–Kier alpha value is -1.41. The predicted octanol–water partition coefficient (Wildman–Crippen LogP) is 3.85. The van der Waals surface area contributed by atoms with Gasteiger partial charge in [-0.2, -0.15) is 0 Å². The van der Waals surface area contributed by atoms with Crippen molar-refractivity contribution in [1.29, 1.82) is 0 Å².